The summed E-state index contributed by atoms with van der Waals surface area (Å²) in [5, 5.41) is 3.51. The summed E-state index contributed by atoms with van der Waals surface area (Å²) in [6.45, 7) is 10.4. The van der Waals surface area contributed by atoms with Crippen LogP contribution in [-0.4, -0.2) is 56.9 Å². The van der Waals surface area contributed by atoms with E-state index in [1.54, 1.807) is 0 Å². The Bertz CT molecular complexity index is 437. The SMILES string of the molecule is CC1CN(Cc2ccccc2N2CCOCC2)CCN1.Cl. The van der Waals surface area contributed by atoms with E-state index in [2.05, 4.69) is 46.3 Å². The number of hydrogen-bond acceptors (Lipinski definition) is 4. The first-order valence-corrected chi connectivity index (χ1v) is 7.69. The number of nitrogens with zero attached hydrogens (tertiary/aromatic N) is 2. The molecule has 0 aliphatic carbocycles. The van der Waals surface area contributed by atoms with Gasteiger partial charge in [-0.1, -0.05) is 18.2 Å². The third-order valence-corrected chi connectivity index (χ3v) is 4.19. The van der Waals surface area contributed by atoms with Crippen molar-refractivity contribution in [1.82, 2.24) is 10.2 Å². The zero-order chi connectivity index (χ0) is 13.8. The number of ether oxygens (including phenoxy) is 1. The molecule has 1 aromatic rings. The van der Waals surface area contributed by atoms with Crippen LogP contribution in [-0.2, 0) is 11.3 Å². The number of halogens is 1. The van der Waals surface area contributed by atoms with Gasteiger partial charge in [0.15, 0.2) is 0 Å². The fourth-order valence-electron chi connectivity index (χ4n) is 3.15. The molecule has 1 atom stereocenters. The average molecular weight is 312 g/mol. The van der Waals surface area contributed by atoms with E-state index in [1.807, 2.05) is 0 Å². The number of anilines is 1. The van der Waals surface area contributed by atoms with E-state index < -0.39 is 0 Å². The molecule has 118 valence electrons. The van der Waals surface area contributed by atoms with Crippen LogP contribution in [0.25, 0.3) is 0 Å². The number of piperazine rings is 1. The molecule has 1 unspecified atom stereocenters. The fourth-order valence-corrected chi connectivity index (χ4v) is 3.15. The predicted molar refractivity (Wildman–Crippen MR) is 89.5 cm³/mol. The largest absolute Gasteiger partial charge is 0.378 e. The zero-order valence-electron chi connectivity index (χ0n) is 12.8. The van der Waals surface area contributed by atoms with Gasteiger partial charge in [-0.15, -0.1) is 12.4 Å². The molecule has 2 aliphatic heterocycles. The van der Waals surface area contributed by atoms with Crippen molar-refractivity contribution < 1.29 is 4.74 Å². The van der Waals surface area contributed by atoms with E-state index in [9.17, 15) is 0 Å². The number of nitrogens with one attached hydrogen (secondary N) is 1. The van der Waals surface area contributed by atoms with Gasteiger partial charge in [-0.05, 0) is 18.6 Å². The van der Waals surface area contributed by atoms with Crippen LogP contribution in [0.5, 0.6) is 0 Å². The quantitative estimate of drug-likeness (QED) is 0.920. The van der Waals surface area contributed by atoms with Gasteiger partial charge in [0.05, 0.1) is 13.2 Å². The zero-order valence-corrected chi connectivity index (χ0v) is 13.6. The third-order valence-electron chi connectivity index (χ3n) is 4.19. The van der Waals surface area contributed by atoms with E-state index in [0.717, 1.165) is 52.5 Å². The van der Waals surface area contributed by atoms with Crippen LogP contribution in [0.3, 0.4) is 0 Å². The molecule has 21 heavy (non-hydrogen) atoms. The van der Waals surface area contributed by atoms with Gasteiger partial charge in [0.1, 0.15) is 0 Å². The normalized spacial score (nSPS) is 23.7. The summed E-state index contributed by atoms with van der Waals surface area (Å²) in [6, 6.07) is 9.43. The third kappa shape index (κ3) is 4.33. The van der Waals surface area contributed by atoms with E-state index in [0.29, 0.717) is 6.04 Å². The van der Waals surface area contributed by atoms with Crippen molar-refractivity contribution in [2.75, 3.05) is 50.8 Å². The predicted octanol–water partition coefficient (Wildman–Crippen LogP) is 1.74. The first kappa shape index (κ1) is 16.6. The molecule has 0 saturated carbocycles. The molecule has 5 heteroatoms. The second-order valence-electron chi connectivity index (χ2n) is 5.82. The number of benzene rings is 1. The molecule has 3 rings (SSSR count). The number of rotatable bonds is 3. The molecule has 2 aliphatic rings. The van der Waals surface area contributed by atoms with Gasteiger partial charge in [0, 0.05) is 51.0 Å². The number of para-hydroxylation sites is 1. The molecular formula is C16H26ClN3O. The van der Waals surface area contributed by atoms with Crippen LogP contribution in [0, 0.1) is 0 Å². The van der Waals surface area contributed by atoms with Crippen LogP contribution in [0.2, 0.25) is 0 Å². The Hall–Kier alpha value is -0.810. The Morgan fingerprint density at radius 2 is 1.95 bits per heavy atom. The highest BCUT2D eigenvalue weighted by atomic mass is 35.5. The summed E-state index contributed by atoms with van der Waals surface area (Å²) >= 11 is 0. The molecule has 1 N–H and O–H groups in total. The summed E-state index contributed by atoms with van der Waals surface area (Å²) < 4.78 is 5.46. The highest BCUT2D eigenvalue weighted by molar-refractivity contribution is 5.85. The highest BCUT2D eigenvalue weighted by Crippen LogP contribution is 2.23. The van der Waals surface area contributed by atoms with Crippen molar-refractivity contribution in [3.05, 3.63) is 29.8 Å². The maximum atomic E-state index is 5.46. The first-order chi connectivity index (χ1) is 9.83. The van der Waals surface area contributed by atoms with Gasteiger partial charge in [-0.2, -0.15) is 0 Å². The number of morpholine rings is 1. The molecule has 1 aromatic carbocycles. The molecule has 0 radical (unpaired) electrons. The highest BCUT2D eigenvalue weighted by Gasteiger charge is 2.19. The van der Waals surface area contributed by atoms with Gasteiger partial charge in [0.2, 0.25) is 0 Å². The lowest BCUT2D eigenvalue weighted by molar-refractivity contribution is 0.122. The topological polar surface area (TPSA) is 27.7 Å². The van der Waals surface area contributed by atoms with E-state index in [-0.39, 0.29) is 12.4 Å². The molecule has 0 bridgehead atoms. The minimum absolute atomic E-state index is 0. The Kier molecular flexibility index (Phi) is 6.30. The molecule has 2 saturated heterocycles. The summed E-state index contributed by atoms with van der Waals surface area (Å²) in [4.78, 5) is 5.02. The van der Waals surface area contributed by atoms with Gasteiger partial charge in [0.25, 0.3) is 0 Å². The average Bonchev–Trinajstić information content (AvgIpc) is 2.49. The van der Waals surface area contributed by atoms with Crippen molar-refractivity contribution in [1.29, 1.82) is 0 Å². The summed E-state index contributed by atoms with van der Waals surface area (Å²) in [5.41, 5.74) is 2.84. The Balaban J connectivity index is 0.00000161. The standard InChI is InChI=1S/C16H25N3O.ClH/c1-14-12-18(7-6-17-14)13-15-4-2-3-5-16(15)19-8-10-20-11-9-19;/h2-5,14,17H,6-13H2,1H3;1H. The van der Waals surface area contributed by atoms with Crippen molar-refractivity contribution in [3.8, 4) is 0 Å². The van der Waals surface area contributed by atoms with Crippen molar-refractivity contribution in [2.24, 2.45) is 0 Å². The molecular weight excluding hydrogens is 286 g/mol. The smallest absolute Gasteiger partial charge is 0.0642 e. The lowest BCUT2D eigenvalue weighted by atomic mass is 10.1. The Morgan fingerprint density at radius 1 is 1.19 bits per heavy atom. The monoisotopic (exact) mass is 311 g/mol. The number of hydrogen-bond donors (Lipinski definition) is 1. The van der Waals surface area contributed by atoms with Crippen LogP contribution in [0.15, 0.2) is 24.3 Å². The molecule has 0 amide bonds. The first-order valence-electron chi connectivity index (χ1n) is 7.69. The molecule has 2 fully saturated rings. The van der Waals surface area contributed by atoms with E-state index in [4.69, 9.17) is 4.74 Å². The van der Waals surface area contributed by atoms with Crippen LogP contribution < -0.4 is 10.2 Å². The van der Waals surface area contributed by atoms with E-state index in [1.165, 1.54) is 11.3 Å². The van der Waals surface area contributed by atoms with Gasteiger partial charge in [-0.25, -0.2) is 0 Å². The summed E-state index contributed by atoms with van der Waals surface area (Å²) in [7, 11) is 0. The fraction of sp³-hybridized carbons (Fsp3) is 0.625. The lowest BCUT2D eigenvalue weighted by Crippen LogP contribution is -2.48. The molecule has 2 heterocycles. The maximum Gasteiger partial charge on any atom is 0.0642 e. The molecule has 4 nitrogen and oxygen atoms in total. The van der Waals surface area contributed by atoms with Crippen LogP contribution >= 0.6 is 12.4 Å². The van der Waals surface area contributed by atoms with Crippen molar-refractivity contribution >= 4 is 18.1 Å². The van der Waals surface area contributed by atoms with Gasteiger partial charge >= 0.3 is 0 Å². The maximum absolute atomic E-state index is 5.46. The van der Waals surface area contributed by atoms with Crippen LogP contribution in [0.4, 0.5) is 5.69 Å². The van der Waals surface area contributed by atoms with Crippen molar-refractivity contribution in [2.45, 2.75) is 19.5 Å². The van der Waals surface area contributed by atoms with Crippen LogP contribution in [0.1, 0.15) is 12.5 Å². The molecule has 0 spiro atoms. The Labute approximate surface area is 133 Å². The second-order valence-corrected chi connectivity index (χ2v) is 5.82. The van der Waals surface area contributed by atoms with E-state index >= 15 is 0 Å². The Morgan fingerprint density at radius 3 is 2.71 bits per heavy atom. The second kappa shape index (κ2) is 7.99. The summed E-state index contributed by atoms with van der Waals surface area (Å²) in [6.07, 6.45) is 0. The minimum Gasteiger partial charge on any atom is -0.378 e. The summed E-state index contributed by atoms with van der Waals surface area (Å²) in [5.74, 6) is 0. The van der Waals surface area contributed by atoms with Gasteiger partial charge < -0.3 is 15.0 Å². The van der Waals surface area contributed by atoms with Crippen molar-refractivity contribution in [3.63, 3.8) is 0 Å². The molecule has 0 aromatic heterocycles. The lowest BCUT2D eigenvalue weighted by Gasteiger charge is -2.34. The van der Waals surface area contributed by atoms with Gasteiger partial charge in [-0.3, -0.25) is 4.90 Å². The minimum atomic E-state index is 0.